The van der Waals surface area contributed by atoms with Gasteiger partial charge in [-0.25, -0.2) is 52.1 Å². The van der Waals surface area contributed by atoms with Gasteiger partial charge in [0.25, 0.3) is 27.8 Å². The number of ether oxygens (including phenoxy) is 12. The molecule has 3 aromatic rings. The first-order valence-electron chi connectivity index (χ1n) is 42.1. The van der Waals surface area contributed by atoms with E-state index in [1.165, 1.54) is 45.3 Å². The van der Waals surface area contributed by atoms with E-state index in [1.807, 2.05) is 77.0 Å². The molecule has 3 aliphatic carbocycles. The molecule has 9 amide bonds. The number of hydrogen-bond acceptors (Lipinski definition) is 30. The standard InChI is InChI=1S/C28H44N4O10S.C28H44N4O9S.C28H44N4O7S/c1-18(19-13-20(30-24(14-19)38-5)9-8-12-29-26(34)39-6)32(21-10-11-21)25(33)23-16-31(27(35)42-28(2,3)4)15-22(41-23)17-40-43(7,36)37;1-18(19-13-20(30-24(14-19)38-5)9-8-12-29-26(34)39-6)32(21-10-11-21)25(33)23-16-31(27(35)41-28(2,3)4)15-22(40-23)17-42(7,36)37;1-18(19-13-20(30-24(14-19)36-5)9-8-12-29-26(34)37-6)32(21-10-11-21)25(33)23-16-31(15-22(38-23)17-40-7)27(35)39-28(2,3)4/h13-14,18,21-23H,8-12,15-17H2,1-7H3,(H,29,34);13-14,18,21-23H,8-12,15-17H2,1-7H3,(H,29,34);13-14,18,21-23H,8-12,15-17H2,1-7H3,(H,29,34)/t3*18-,22+,23-/m111/s1. The Morgan fingerprint density at radius 1 is 0.456 bits per heavy atom. The summed E-state index contributed by atoms with van der Waals surface area (Å²) in [4.78, 5) is 138. The molecule has 6 fully saturated rings. The van der Waals surface area contributed by atoms with Crippen LogP contribution in [-0.2, 0) is 100 Å². The number of carbonyl (C=O) groups excluding carboxylic acids is 9. The number of nitrogens with one attached hydrogen (secondary N) is 3. The number of amides is 9. The lowest BCUT2D eigenvalue weighted by Crippen LogP contribution is -2.58. The largest absolute Gasteiger partial charge is 0.481 e. The number of hydrogen-bond donors (Lipinski definition) is 3. The van der Waals surface area contributed by atoms with Gasteiger partial charge in [0.15, 0.2) is 18.3 Å². The zero-order valence-corrected chi connectivity index (χ0v) is 78.7. The Hall–Kier alpha value is -9.03. The van der Waals surface area contributed by atoms with Gasteiger partial charge in [0.2, 0.25) is 17.6 Å². The maximum Gasteiger partial charge on any atom is 0.410 e. The van der Waals surface area contributed by atoms with E-state index < -0.39 is 110 Å². The van der Waals surface area contributed by atoms with Crippen LogP contribution in [0.5, 0.6) is 17.6 Å². The van der Waals surface area contributed by atoms with E-state index in [2.05, 4.69) is 45.1 Å². The van der Waals surface area contributed by atoms with E-state index in [1.54, 1.807) is 87.2 Å². The molecule has 3 saturated carbocycles. The van der Waals surface area contributed by atoms with Gasteiger partial charge in [-0.05, 0) is 201 Å². The highest BCUT2D eigenvalue weighted by Crippen LogP contribution is 2.41. The van der Waals surface area contributed by atoms with Crippen molar-refractivity contribution in [1.29, 1.82) is 0 Å². The smallest absolute Gasteiger partial charge is 0.410 e. The Balaban J connectivity index is 0.000000258. The fraction of sp³-hybridized carbons (Fsp3) is 0.714. The fourth-order valence-corrected chi connectivity index (χ4v) is 16.0. The first kappa shape index (κ1) is 103. The van der Waals surface area contributed by atoms with Crippen molar-refractivity contribution >= 4 is 86.0 Å². The third-order valence-electron chi connectivity index (χ3n) is 20.3. The van der Waals surface area contributed by atoms with Crippen LogP contribution >= 0.6 is 11.8 Å². The first-order chi connectivity index (χ1) is 58.6. The van der Waals surface area contributed by atoms with Gasteiger partial charge in [0.05, 0.1) is 131 Å². The molecule has 0 spiro atoms. The number of rotatable bonds is 34. The molecule has 702 valence electrons. The van der Waals surface area contributed by atoms with Gasteiger partial charge in [-0.2, -0.15) is 20.2 Å². The number of carbonyl (C=O) groups is 9. The molecule has 0 unspecified atom stereocenters. The number of morpholine rings is 3. The van der Waals surface area contributed by atoms with E-state index in [0.29, 0.717) is 88.1 Å². The van der Waals surface area contributed by atoms with Crippen molar-refractivity contribution in [2.24, 2.45) is 0 Å². The highest BCUT2D eigenvalue weighted by Gasteiger charge is 2.48. The Labute approximate surface area is 739 Å². The molecule has 38 nitrogen and oxygen atoms in total. The molecule has 6 aliphatic rings. The molecule has 0 radical (unpaired) electrons. The van der Waals surface area contributed by atoms with Crippen LogP contribution in [0.15, 0.2) is 36.4 Å². The van der Waals surface area contributed by atoms with Crippen molar-refractivity contribution in [1.82, 2.24) is 60.3 Å². The normalized spacial score (nSPS) is 19.9. The van der Waals surface area contributed by atoms with Gasteiger partial charge in [-0.3, -0.25) is 18.6 Å². The molecule has 9 rings (SSSR count). The number of alkyl carbamates (subject to hydrolysis) is 3. The highest BCUT2D eigenvalue weighted by atomic mass is 32.2. The Morgan fingerprint density at radius 3 is 1.01 bits per heavy atom. The minimum Gasteiger partial charge on any atom is -0.481 e. The lowest BCUT2D eigenvalue weighted by molar-refractivity contribution is -0.161. The summed E-state index contributed by atoms with van der Waals surface area (Å²) in [7, 11) is 1.31. The number of methoxy groups -OCH3 is 6. The first-order valence-corrected chi connectivity index (χ1v) is 47.4. The fourth-order valence-electron chi connectivity index (χ4n) is 14.2. The van der Waals surface area contributed by atoms with Gasteiger partial charge in [-0.1, -0.05) is 0 Å². The zero-order valence-electron chi connectivity index (χ0n) is 76.2. The van der Waals surface area contributed by atoms with Crippen molar-refractivity contribution in [3.63, 3.8) is 0 Å². The second-order valence-corrected chi connectivity index (χ2v) is 39.5. The van der Waals surface area contributed by atoms with Gasteiger partial charge in [0, 0.05) is 85.0 Å². The molecular formula is C84H132N12O26S3. The van der Waals surface area contributed by atoms with Crippen molar-refractivity contribution in [2.45, 2.75) is 250 Å². The van der Waals surface area contributed by atoms with E-state index in [0.717, 1.165) is 84.8 Å². The van der Waals surface area contributed by atoms with Gasteiger partial charge in [0.1, 0.15) is 32.7 Å². The van der Waals surface area contributed by atoms with Gasteiger partial charge in [-0.15, -0.1) is 0 Å². The minimum atomic E-state index is -3.78. The molecular weight excluding hydrogens is 1690 g/mol. The average molecular weight is 1820 g/mol. The van der Waals surface area contributed by atoms with Crippen molar-refractivity contribution < 1.29 is 121 Å². The van der Waals surface area contributed by atoms with Crippen LogP contribution in [0, 0.1) is 0 Å². The number of pyridine rings is 3. The van der Waals surface area contributed by atoms with Gasteiger partial charge < -0.3 is 102 Å². The topological polar surface area (TPSA) is 436 Å². The summed E-state index contributed by atoms with van der Waals surface area (Å²) in [5.74, 6) is 0.817. The summed E-state index contributed by atoms with van der Waals surface area (Å²) >= 11 is 1.62. The lowest BCUT2D eigenvalue weighted by atomic mass is 10.0. The summed E-state index contributed by atoms with van der Waals surface area (Å²) in [6, 6.07) is 10.2. The average Bonchev–Trinajstić information content (AvgIpc) is 1.69. The summed E-state index contributed by atoms with van der Waals surface area (Å²) in [5, 5.41) is 7.95. The summed E-state index contributed by atoms with van der Waals surface area (Å²) in [6.45, 7) is 23.1. The zero-order chi connectivity index (χ0) is 92.6. The number of sulfone groups is 1. The second kappa shape index (κ2) is 46.6. The molecule has 9 atom stereocenters. The monoisotopic (exact) mass is 1820 g/mol. The molecule has 6 heterocycles. The van der Waals surface area contributed by atoms with Crippen LogP contribution in [0.2, 0.25) is 0 Å². The predicted molar refractivity (Wildman–Crippen MR) is 462 cm³/mol. The molecule has 41 heteroatoms. The Kier molecular flexibility index (Phi) is 38.4. The number of aryl methyl sites for hydroxylation is 3. The lowest BCUT2D eigenvalue weighted by Gasteiger charge is -2.40. The molecule has 125 heavy (non-hydrogen) atoms. The molecule has 3 aromatic heterocycles. The summed E-state index contributed by atoms with van der Waals surface area (Å²) < 4.78 is 118. The SMILES string of the molecule is COC(=O)NCCCc1cc([C@@H](C)N(C(=O)[C@H]2CN(C(=O)OC(C)(C)C)C[C@@H](COS(C)(=O)=O)O2)C2CC2)cc(OC)n1.COC(=O)NCCCc1cc([C@@H](C)N(C(=O)[C@H]2CN(C(=O)OC(C)(C)C)C[C@@H](CS(C)(=O)=O)O2)C2CC2)cc(OC)n1.COC(=O)NCCCc1cc([C@@H](C)N(C(=O)[C@H]2CN(C(=O)OC(C)(C)C)C[C@@H](CSC)O2)C2CC2)cc(OC)n1. The Bertz CT molecular complexity index is 4370. The van der Waals surface area contributed by atoms with E-state index in [9.17, 15) is 60.0 Å². The van der Waals surface area contributed by atoms with Crippen LogP contribution in [0.25, 0.3) is 0 Å². The maximum absolute atomic E-state index is 14.1. The molecule has 3 N–H and O–H groups in total. The Morgan fingerprint density at radius 2 is 0.744 bits per heavy atom. The van der Waals surface area contributed by atoms with Crippen LogP contribution in [-0.4, -0.2) is 325 Å². The minimum absolute atomic E-state index is 0.000490. The van der Waals surface area contributed by atoms with Crippen LogP contribution < -0.4 is 30.2 Å². The third kappa shape index (κ3) is 34.6. The van der Waals surface area contributed by atoms with E-state index in [4.69, 9.17) is 46.8 Å². The number of nitrogens with zero attached hydrogens (tertiary/aromatic N) is 9. The highest BCUT2D eigenvalue weighted by molar-refractivity contribution is 7.98. The quantitative estimate of drug-likeness (QED) is 0.0286. The number of aromatic nitrogens is 3. The molecule has 0 aromatic carbocycles. The van der Waals surface area contributed by atoms with Crippen LogP contribution in [0.3, 0.4) is 0 Å². The predicted octanol–water partition coefficient (Wildman–Crippen LogP) is 8.69. The number of thioether (sulfide) groups is 1. The van der Waals surface area contributed by atoms with Crippen molar-refractivity contribution in [2.75, 3.05) is 138 Å². The van der Waals surface area contributed by atoms with E-state index in [-0.39, 0.29) is 99.1 Å². The van der Waals surface area contributed by atoms with E-state index >= 15 is 0 Å². The molecule has 0 bridgehead atoms. The van der Waals surface area contributed by atoms with Gasteiger partial charge >= 0.3 is 36.6 Å². The van der Waals surface area contributed by atoms with Crippen molar-refractivity contribution in [3.8, 4) is 17.6 Å². The summed E-state index contributed by atoms with van der Waals surface area (Å²) in [6.07, 6.45) is 4.62. The molecule has 3 saturated heterocycles. The van der Waals surface area contributed by atoms with Crippen LogP contribution in [0.4, 0.5) is 28.8 Å². The third-order valence-corrected chi connectivity index (χ3v) is 22.6. The van der Waals surface area contributed by atoms with Crippen molar-refractivity contribution in [3.05, 3.63) is 70.2 Å². The second-order valence-electron chi connectivity index (χ2n) is 34.8. The summed E-state index contributed by atoms with van der Waals surface area (Å²) in [5.41, 5.74) is 2.64. The maximum atomic E-state index is 14.1. The molecule has 3 aliphatic heterocycles. The van der Waals surface area contributed by atoms with Crippen LogP contribution in [0.1, 0.15) is 193 Å².